The van der Waals surface area contributed by atoms with Crippen LogP contribution in [0.4, 0.5) is 0 Å². The Labute approximate surface area is 119 Å². The first-order valence-corrected chi connectivity index (χ1v) is 6.02. The molecule has 0 aliphatic heterocycles. The van der Waals surface area contributed by atoms with Gasteiger partial charge in [0.05, 0.1) is 19.2 Å². The number of carbonyl (C=O) groups is 1. The minimum atomic E-state index is -0.559. The van der Waals surface area contributed by atoms with Crippen molar-refractivity contribution < 1.29 is 9.53 Å². The second-order valence-electron chi connectivity index (χ2n) is 3.33. The predicted molar refractivity (Wildman–Crippen MR) is 75.1 cm³/mol. The first kappa shape index (κ1) is 14.8. The number of azide groups is 1. The van der Waals surface area contributed by atoms with Crippen molar-refractivity contribution in [1.82, 2.24) is 0 Å². The highest BCUT2D eigenvalue weighted by Crippen LogP contribution is 2.10. The predicted octanol–water partition coefficient (Wildman–Crippen LogP) is 3.21. The third-order valence-electron chi connectivity index (χ3n) is 2.04. The zero-order valence-corrected chi connectivity index (χ0v) is 11.7. The number of hydrogen-bond donors (Lipinski definition) is 0. The van der Waals surface area contributed by atoms with E-state index in [0.717, 1.165) is 10.0 Å². The van der Waals surface area contributed by atoms with Crippen molar-refractivity contribution in [2.75, 3.05) is 13.7 Å². The summed E-state index contributed by atoms with van der Waals surface area (Å²) in [5, 5.41) is 3.32. The molecule has 0 N–H and O–H groups in total. The van der Waals surface area contributed by atoms with Gasteiger partial charge in [0.25, 0.3) is 0 Å². The van der Waals surface area contributed by atoms with Crippen LogP contribution in [0.3, 0.4) is 0 Å². The van der Waals surface area contributed by atoms with E-state index in [-0.39, 0.29) is 12.1 Å². The molecule has 0 atom stereocenters. The first-order chi connectivity index (χ1) is 9.17. The number of nitrogens with zero attached hydrogens (tertiary/aromatic N) is 3. The SMILES string of the molecule is COC(=O)C(=CC#Cc1cccc(Br)c1)CN=[N+]=[N-]. The van der Waals surface area contributed by atoms with Gasteiger partial charge in [0.2, 0.25) is 0 Å². The molecule has 0 saturated carbocycles. The molecule has 0 bridgehead atoms. The van der Waals surface area contributed by atoms with E-state index in [4.69, 9.17) is 5.53 Å². The molecular formula is C13H10BrN3O2. The number of esters is 1. The number of allylic oxidation sites excluding steroid dienone is 1. The van der Waals surface area contributed by atoms with Crippen LogP contribution >= 0.6 is 15.9 Å². The maximum Gasteiger partial charge on any atom is 0.334 e. The van der Waals surface area contributed by atoms with Crippen molar-refractivity contribution in [2.24, 2.45) is 5.11 Å². The Morgan fingerprint density at radius 1 is 1.63 bits per heavy atom. The number of methoxy groups -OCH3 is 1. The van der Waals surface area contributed by atoms with Gasteiger partial charge in [0.15, 0.2) is 0 Å². The van der Waals surface area contributed by atoms with E-state index < -0.39 is 5.97 Å². The van der Waals surface area contributed by atoms with Gasteiger partial charge in [-0.15, -0.1) is 0 Å². The van der Waals surface area contributed by atoms with E-state index in [2.05, 4.69) is 42.5 Å². The monoisotopic (exact) mass is 319 g/mol. The molecule has 96 valence electrons. The summed E-state index contributed by atoms with van der Waals surface area (Å²) < 4.78 is 5.49. The van der Waals surface area contributed by atoms with Crippen molar-refractivity contribution in [3.8, 4) is 11.8 Å². The summed E-state index contributed by atoms with van der Waals surface area (Å²) in [6, 6.07) is 7.45. The van der Waals surface area contributed by atoms with Gasteiger partial charge >= 0.3 is 5.97 Å². The van der Waals surface area contributed by atoms with Crippen molar-refractivity contribution in [3.63, 3.8) is 0 Å². The Morgan fingerprint density at radius 2 is 2.42 bits per heavy atom. The fraction of sp³-hybridized carbons (Fsp3) is 0.154. The second kappa shape index (κ2) is 7.98. The average Bonchev–Trinajstić information content (AvgIpc) is 2.42. The summed E-state index contributed by atoms with van der Waals surface area (Å²) in [5.41, 5.74) is 9.26. The molecule has 0 aliphatic carbocycles. The van der Waals surface area contributed by atoms with Crippen LogP contribution in [0.15, 0.2) is 45.5 Å². The molecule has 0 aromatic heterocycles. The van der Waals surface area contributed by atoms with Crippen molar-refractivity contribution in [3.05, 3.63) is 56.4 Å². The lowest BCUT2D eigenvalue weighted by Crippen LogP contribution is -2.06. The number of carbonyl (C=O) groups excluding carboxylic acids is 1. The molecule has 0 spiro atoms. The van der Waals surface area contributed by atoms with Gasteiger partial charge in [0, 0.05) is 14.9 Å². The van der Waals surface area contributed by atoms with Crippen molar-refractivity contribution >= 4 is 21.9 Å². The third-order valence-corrected chi connectivity index (χ3v) is 2.53. The minimum absolute atomic E-state index is 0.0870. The van der Waals surface area contributed by atoms with Crippen LogP contribution in [-0.2, 0) is 9.53 Å². The molecule has 1 aromatic carbocycles. The Hall–Kier alpha value is -2.22. The van der Waals surface area contributed by atoms with Gasteiger partial charge in [0.1, 0.15) is 0 Å². The fourth-order valence-corrected chi connectivity index (χ4v) is 1.58. The molecule has 0 amide bonds. The Morgan fingerprint density at radius 3 is 3.05 bits per heavy atom. The zero-order chi connectivity index (χ0) is 14.1. The average molecular weight is 320 g/mol. The lowest BCUT2D eigenvalue weighted by atomic mass is 10.2. The summed E-state index contributed by atoms with van der Waals surface area (Å²) in [6.07, 6.45) is 1.39. The summed E-state index contributed by atoms with van der Waals surface area (Å²) in [6.45, 7) is -0.0870. The highest BCUT2D eigenvalue weighted by atomic mass is 79.9. The molecule has 0 fully saturated rings. The van der Waals surface area contributed by atoms with Crippen molar-refractivity contribution in [1.29, 1.82) is 0 Å². The molecule has 0 saturated heterocycles. The first-order valence-electron chi connectivity index (χ1n) is 5.22. The molecule has 0 heterocycles. The van der Waals surface area contributed by atoms with E-state index in [1.165, 1.54) is 13.2 Å². The van der Waals surface area contributed by atoms with E-state index in [1.54, 1.807) is 0 Å². The standard InChI is InChI=1S/C13H10BrN3O2/c1-19-13(18)11(9-16-17-15)6-2-4-10-5-3-7-12(14)8-10/h3,5-8H,9H2,1H3. The molecular weight excluding hydrogens is 310 g/mol. The van der Waals surface area contributed by atoms with Gasteiger partial charge in [-0.2, -0.15) is 0 Å². The van der Waals surface area contributed by atoms with Crippen LogP contribution < -0.4 is 0 Å². The normalized spacial score (nSPS) is 9.89. The Bertz CT molecular complexity index is 608. The molecule has 0 aliphatic rings. The van der Waals surface area contributed by atoms with Crippen LogP contribution in [0.2, 0.25) is 0 Å². The lowest BCUT2D eigenvalue weighted by Gasteiger charge is -1.98. The highest BCUT2D eigenvalue weighted by Gasteiger charge is 2.06. The van der Waals surface area contributed by atoms with Crippen LogP contribution in [0.1, 0.15) is 5.56 Å². The molecule has 19 heavy (non-hydrogen) atoms. The minimum Gasteiger partial charge on any atom is -0.466 e. The number of rotatable bonds is 3. The second-order valence-corrected chi connectivity index (χ2v) is 4.25. The maximum absolute atomic E-state index is 11.4. The summed E-state index contributed by atoms with van der Waals surface area (Å²) >= 11 is 3.34. The van der Waals surface area contributed by atoms with Gasteiger partial charge in [-0.05, 0) is 29.8 Å². The van der Waals surface area contributed by atoms with Crippen LogP contribution in [0, 0.1) is 11.8 Å². The smallest absolute Gasteiger partial charge is 0.334 e. The molecule has 0 radical (unpaired) electrons. The molecule has 1 rings (SSSR count). The highest BCUT2D eigenvalue weighted by molar-refractivity contribution is 9.10. The van der Waals surface area contributed by atoms with Crippen LogP contribution in [0.5, 0.6) is 0 Å². The largest absolute Gasteiger partial charge is 0.466 e. The number of benzene rings is 1. The summed E-state index contributed by atoms with van der Waals surface area (Å²) in [7, 11) is 1.26. The van der Waals surface area contributed by atoms with Gasteiger partial charge in [-0.3, -0.25) is 0 Å². The van der Waals surface area contributed by atoms with Crippen molar-refractivity contribution in [2.45, 2.75) is 0 Å². The number of hydrogen-bond acceptors (Lipinski definition) is 3. The topological polar surface area (TPSA) is 75.1 Å². The van der Waals surface area contributed by atoms with Gasteiger partial charge < -0.3 is 4.74 Å². The maximum atomic E-state index is 11.4. The van der Waals surface area contributed by atoms with Crippen LogP contribution in [0.25, 0.3) is 10.4 Å². The molecule has 0 unspecified atom stereocenters. The van der Waals surface area contributed by atoms with E-state index in [0.29, 0.717) is 0 Å². The van der Waals surface area contributed by atoms with E-state index in [1.807, 2.05) is 24.3 Å². The zero-order valence-electron chi connectivity index (χ0n) is 10.1. The number of ether oxygens (including phenoxy) is 1. The molecule has 5 nitrogen and oxygen atoms in total. The quantitative estimate of drug-likeness (QED) is 0.214. The van der Waals surface area contributed by atoms with E-state index >= 15 is 0 Å². The molecule has 1 aromatic rings. The van der Waals surface area contributed by atoms with Crippen LogP contribution in [-0.4, -0.2) is 19.6 Å². The Kier molecular flexibility index (Phi) is 6.23. The summed E-state index contributed by atoms with van der Waals surface area (Å²) in [4.78, 5) is 14.0. The third kappa shape index (κ3) is 5.30. The van der Waals surface area contributed by atoms with Gasteiger partial charge in [-0.25, -0.2) is 4.79 Å². The lowest BCUT2D eigenvalue weighted by molar-refractivity contribution is -0.136. The molecule has 6 heteroatoms. The fourth-order valence-electron chi connectivity index (χ4n) is 1.18. The van der Waals surface area contributed by atoms with E-state index in [9.17, 15) is 4.79 Å². The summed E-state index contributed by atoms with van der Waals surface area (Å²) in [5.74, 6) is 5.05. The van der Waals surface area contributed by atoms with Gasteiger partial charge in [-0.1, -0.05) is 39.0 Å². The Balaban J connectivity index is 2.92. The number of halogens is 1.